The van der Waals surface area contributed by atoms with Gasteiger partial charge in [0.15, 0.2) is 0 Å². The third kappa shape index (κ3) is 3.72. The summed E-state index contributed by atoms with van der Waals surface area (Å²) < 4.78 is 0. The Kier molecular flexibility index (Phi) is 4.83. The summed E-state index contributed by atoms with van der Waals surface area (Å²) >= 11 is 0. The van der Waals surface area contributed by atoms with Gasteiger partial charge in [0.2, 0.25) is 0 Å². The van der Waals surface area contributed by atoms with Gasteiger partial charge in [-0.2, -0.15) is 0 Å². The van der Waals surface area contributed by atoms with Crippen LogP contribution in [0.2, 0.25) is 0 Å². The van der Waals surface area contributed by atoms with Gasteiger partial charge in [-0.05, 0) is 49.3 Å². The summed E-state index contributed by atoms with van der Waals surface area (Å²) in [6.45, 7) is 6.20. The summed E-state index contributed by atoms with van der Waals surface area (Å²) in [4.78, 5) is 12.2. The smallest absolute Gasteiger partial charge is 0.251 e. The van der Waals surface area contributed by atoms with Crippen molar-refractivity contribution in [3.63, 3.8) is 0 Å². The largest absolute Gasteiger partial charge is 0.385 e. The van der Waals surface area contributed by atoms with Crippen molar-refractivity contribution >= 4 is 11.6 Å². The number of carbonyl (C=O) groups excluding carboxylic acids is 1. The Bertz CT molecular complexity index is 440. The highest BCUT2D eigenvalue weighted by atomic mass is 16.1. The topological polar surface area (TPSA) is 41.1 Å². The Morgan fingerprint density at radius 3 is 3.05 bits per heavy atom. The van der Waals surface area contributed by atoms with E-state index >= 15 is 0 Å². The minimum atomic E-state index is 0.0734. The van der Waals surface area contributed by atoms with E-state index in [1.54, 1.807) is 0 Å². The van der Waals surface area contributed by atoms with Crippen LogP contribution >= 0.6 is 0 Å². The van der Waals surface area contributed by atoms with E-state index in [4.69, 9.17) is 0 Å². The maximum absolute atomic E-state index is 12.2. The summed E-state index contributed by atoms with van der Waals surface area (Å²) in [5.41, 5.74) is 3.14. The lowest BCUT2D eigenvalue weighted by atomic mass is 9.97. The van der Waals surface area contributed by atoms with Crippen LogP contribution in [-0.4, -0.2) is 19.0 Å². The van der Waals surface area contributed by atoms with E-state index in [0.29, 0.717) is 5.92 Å². The van der Waals surface area contributed by atoms with E-state index in [1.807, 2.05) is 12.1 Å². The van der Waals surface area contributed by atoms with Crippen LogP contribution < -0.4 is 10.6 Å². The molecule has 1 aliphatic rings. The predicted molar refractivity (Wildman–Crippen MR) is 79.7 cm³/mol. The molecule has 3 heteroatoms. The molecule has 0 fully saturated rings. The van der Waals surface area contributed by atoms with Crippen LogP contribution in [0.3, 0.4) is 0 Å². The molecular formula is C16H24N2O. The number of amides is 1. The number of hydrogen-bond acceptors (Lipinski definition) is 2. The molecule has 0 radical (unpaired) electrons. The lowest BCUT2D eigenvalue weighted by Gasteiger charge is -2.20. The molecule has 1 aromatic carbocycles. The zero-order valence-corrected chi connectivity index (χ0v) is 12.0. The normalized spacial score (nSPS) is 13.8. The Morgan fingerprint density at radius 2 is 2.26 bits per heavy atom. The third-order valence-electron chi connectivity index (χ3n) is 3.58. The van der Waals surface area contributed by atoms with Crippen molar-refractivity contribution < 1.29 is 4.79 Å². The second-order valence-corrected chi connectivity index (χ2v) is 5.65. The molecule has 1 heterocycles. The predicted octanol–water partition coefficient (Wildman–Crippen LogP) is 3.21. The zero-order chi connectivity index (χ0) is 13.7. The Morgan fingerprint density at radius 1 is 1.42 bits per heavy atom. The van der Waals surface area contributed by atoms with Crippen LogP contribution in [0, 0.1) is 5.92 Å². The van der Waals surface area contributed by atoms with Crippen LogP contribution in [0.25, 0.3) is 0 Å². The molecule has 0 saturated carbocycles. The number of anilines is 1. The van der Waals surface area contributed by atoms with Crippen LogP contribution in [0.4, 0.5) is 5.69 Å². The molecule has 1 amide bonds. The van der Waals surface area contributed by atoms with Crippen LogP contribution in [-0.2, 0) is 6.42 Å². The van der Waals surface area contributed by atoms with Gasteiger partial charge < -0.3 is 10.6 Å². The van der Waals surface area contributed by atoms with Gasteiger partial charge in [-0.1, -0.05) is 19.9 Å². The molecule has 2 rings (SSSR count). The van der Waals surface area contributed by atoms with Gasteiger partial charge in [-0.15, -0.1) is 0 Å². The highest BCUT2D eigenvalue weighted by Crippen LogP contribution is 2.25. The molecule has 1 aliphatic heterocycles. The van der Waals surface area contributed by atoms with Gasteiger partial charge in [-0.3, -0.25) is 4.79 Å². The van der Waals surface area contributed by atoms with Crippen molar-refractivity contribution in [1.82, 2.24) is 5.32 Å². The van der Waals surface area contributed by atoms with Gasteiger partial charge >= 0.3 is 0 Å². The van der Waals surface area contributed by atoms with Gasteiger partial charge in [0.1, 0.15) is 0 Å². The minimum absolute atomic E-state index is 0.0734. The first-order valence-electron chi connectivity index (χ1n) is 7.32. The molecule has 0 aromatic heterocycles. The lowest BCUT2D eigenvalue weighted by molar-refractivity contribution is 0.0951. The average Bonchev–Trinajstić information content (AvgIpc) is 2.42. The fourth-order valence-electron chi connectivity index (χ4n) is 2.53. The minimum Gasteiger partial charge on any atom is -0.385 e. The Balaban J connectivity index is 1.95. The maximum Gasteiger partial charge on any atom is 0.251 e. The van der Waals surface area contributed by atoms with E-state index in [1.165, 1.54) is 5.56 Å². The standard InChI is InChI=1S/C16H24N2O/c1-12(2)6-4-11-18-16(19)14-7-3-9-15-13(14)8-5-10-17-15/h3,7,9,12,17H,4-6,8,10-11H2,1-2H3,(H,18,19). The van der Waals surface area contributed by atoms with Gasteiger partial charge in [0.05, 0.1) is 0 Å². The van der Waals surface area contributed by atoms with Gasteiger partial charge in [-0.25, -0.2) is 0 Å². The number of hydrogen-bond donors (Lipinski definition) is 2. The summed E-state index contributed by atoms with van der Waals surface area (Å²) in [6, 6.07) is 5.95. The number of fused-ring (bicyclic) bond motifs is 1. The van der Waals surface area contributed by atoms with E-state index in [9.17, 15) is 4.79 Å². The van der Waals surface area contributed by atoms with Crippen LogP contribution in [0.1, 0.15) is 49.0 Å². The molecule has 0 saturated heterocycles. The Hall–Kier alpha value is -1.51. The molecular weight excluding hydrogens is 236 g/mol. The SMILES string of the molecule is CC(C)CCCNC(=O)c1cccc2c1CCCN2. The fourth-order valence-corrected chi connectivity index (χ4v) is 2.53. The average molecular weight is 260 g/mol. The molecule has 0 spiro atoms. The second-order valence-electron chi connectivity index (χ2n) is 5.65. The van der Waals surface area contributed by atoms with E-state index < -0.39 is 0 Å². The molecule has 0 unspecified atom stereocenters. The monoisotopic (exact) mass is 260 g/mol. The van der Waals surface area contributed by atoms with Crippen molar-refractivity contribution in [1.29, 1.82) is 0 Å². The van der Waals surface area contributed by atoms with Crippen LogP contribution in [0.15, 0.2) is 18.2 Å². The number of benzene rings is 1. The molecule has 3 nitrogen and oxygen atoms in total. The van der Waals surface area contributed by atoms with Gasteiger partial charge in [0.25, 0.3) is 5.91 Å². The first-order chi connectivity index (χ1) is 9.18. The molecule has 19 heavy (non-hydrogen) atoms. The molecule has 104 valence electrons. The second kappa shape index (κ2) is 6.60. The first-order valence-corrected chi connectivity index (χ1v) is 7.32. The van der Waals surface area contributed by atoms with E-state index in [-0.39, 0.29) is 5.91 Å². The molecule has 0 atom stereocenters. The quantitative estimate of drug-likeness (QED) is 0.798. The maximum atomic E-state index is 12.2. The Labute approximate surface area is 115 Å². The van der Waals surface area contributed by atoms with Crippen molar-refractivity contribution in [3.05, 3.63) is 29.3 Å². The molecule has 0 bridgehead atoms. The number of carbonyl (C=O) groups is 1. The zero-order valence-electron chi connectivity index (χ0n) is 12.0. The summed E-state index contributed by atoms with van der Waals surface area (Å²) in [5, 5.41) is 6.40. The van der Waals surface area contributed by atoms with Crippen molar-refractivity contribution in [2.75, 3.05) is 18.4 Å². The third-order valence-corrected chi connectivity index (χ3v) is 3.58. The van der Waals surface area contributed by atoms with Crippen LogP contribution in [0.5, 0.6) is 0 Å². The highest BCUT2D eigenvalue weighted by Gasteiger charge is 2.16. The fraction of sp³-hybridized carbons (Fsp3) is 0.562. The lowest BCUT2D eigenvalue weighted by Crippen LogP contribution is -2.27. The number of nitrogens with one attached hydrogen (secondary N) is 2. The number of rotatable bonds is 5. The molecule has 0 aliphatic carbocycles. The molecule has 1 aromatic rings. The summed E-state index contributed by atoms with van der Waals surface area (Å²) in [7, 11) is 0. The van der Waals surface area contributed by atoms with Crippen molar-refractivity contribution in [2.24, 2.45) is 5.92 Å². The van der Waals surface area contributed by atoms with Gasteiger partial charge in [0, 0.05) is 24.3 Å². The van der Waals surface area contributed by atoms with Crippen molar-refractivity contribution in [3.8, 4) is 0 Å². The first kappa shape index (κ1) is 13.9. The molecule has 2 N–H and O–H groups in total. The van der Waals surface area contributed by atoms with Crippen molar-refractivity contribution in [2.45, 2.75) is 39.5 Å². The van der Waals surface area contributed by atoms with E-state index in [2.05, 4.69) is 30.5 Å². The summed E-state index contributed by atoms with van der Waals surface area (Å²) in [6.07, 6.45) is 4.31. The summed E-state index contributed by atoms with van der Waals surface area (Å²) in [5.74, 6) is 0.773. The highest BCUT2D eigenvalue weighted by molar-refractivity contribution is 5.97. The van der Waals surface area contributed by atoms with E-state index in [0.717, 1.165) is 50.0 Å².